The number of rotatable bonds is 0. The average molecular weight is 96.1 g/mol. The van der Waals surface area contributed by atoms with Gasteiger partial charge in [0.15, 0.2) is 0 Å². The van der Waals surface area contributed by atoms with Crippen molar-refractivity contribution in [3.05, 3.63) is 0 Å². The van der Waals surface area contributed by atoms with Crippen molar-refractivity contribution in [3.63, 3.8) is 0 Å². The summed E-state index contributed by atoms with van der Waals surface area (Å²) < 4.78 is 0. The van der Waals surface area contributed by atoms with Gasteiger partial charge in [0.05, 0.1) is 0 Å². The minimum atomic E-state index is 0. The summed E-state index contributed by atoms with van der Waals surface area (Å²) in [6.45, 7) is 0. The van der Waals surface area contributed by atoms with Crippen molar-refractivity contribution in [2.75, 3.05) is 0 Å². The Morgan fingerprint density at radius 2 is 1.00 bits per heavy atom. The van der Waals surface area contributed by atoms with Crippen molar-refractivity contribution in [2.24, 2.45) is 0 Å². The molecule has 0 aromatic carbocycles. The number of halogens is 1. The summed E-state index contributed by atoms with van der Waals surface area (Å²) in [5.74, 6) is 0. The van der Waals surface area contributed by atoms with Crippen LogP contribution in [0.2, 0.25) is 0 Å². The predicted octanol–water partition coefficient (Wildman–Crippen LogP) is -4.38. The summed E-state index contributed by atoms with van der Waals surface area (Å²) in [4.78, 5) is 0. The first-order chi connectivity index (χ1) is 0. The van der Waals surface area contributed by atoms with Gasteiger partial charge in [-0.3, -0.25) is 4.70 Å². The molecule has 0 aliphatic rings. The van der Waals surface area contributed by atoms with Gasteiger partial charge in [0.25, 0.3) is 0 Å². The van der Waals surface area contributed by atoms with Crippen molar-refractivity contribution >= 4 is 0 Å². The van der Waals surface area contributed by atoms with Crippen LogP contribution >= 0.6 is 0 Å². The van der Waals surface area contributed by atoms with Gasteiger partial charge in [0.1, 0.15) is 0 Å². The van der Waals surface area contributed by atoms with Gasteiger partial charge in [0.2, 0.25) is 0 Å². The minimum absolute atomic E-state index is 0. The van der Waals surface area contributed by atoms with Crippen molar-refractivity contribution < 1.29 is 68.5 Å². The molecule has 0 aromatic heterocycles. The van der Waals surface area contributed by atoms with Crippen LogP contribution < -0.4 is 51.4 Å². The monoisotopic (exact) mass is 96.0 g/mol. The largest absolute Gasteiger partial charge is 1.00 e. The maximum absolute atomic E-state index is 0. The Hall–Kier alpha value is 1.49. The van der Waals surface area contributed by atoms with E-state index in [2.05, 4.69) is 0 Å². The molecule has 0 radical (unpaired) electrons. The number of hydrogen-bond acceptors (Lipinski definition) is 0. The fourth-order valence-corrected chi connectivity index (χ4v) is 0. The molecule has 0 spiro atoms. The molecule has 0 unspecified atom stereocenters. The van der Waals surface area contributed by atoms with Crippen LogP contribution in [0.3, 0.4) is 0 Å². The Bertz CT molecular complexity index is 9.61. The van der Waals surface area contributed by atoms with Crippen LogP contribution in [0.4, 0.5) is 4.70 Å². The zero-order chi connectivity index (χ0) is 0. The quantitative estimate of drug-likeness (QED) is 0.273. The van der Waals surface area contributed by atoms with E-state index in [0.717, 1.165) is 0 Å². The number of hydrogen-bond donors (Lipinski definition) is 0. The smallest absolute Gasteiger partial charge is 1.00 e. The third kappa shape index (κ3) is 9.76. The first-order valence-corrected chi connectivity index (χ1v) is 0. The summed E-state index contributed by atoms with van der Waals surface area (Å²) in [6, 6.07) is 0. The third-order valence-corrected chi connectivity index (χ3v) is 0. The van der Waals surface area contributed by atoms with Gasteiger partial charge in [-0.2, -0.15) is 0 Å². The van der Waals surface area contributed by atoms with Crippen molar-refractivity contribution in [3.8, 4) is 0 Å². The van der Waals surface area contributed by atoms with Crippen LogP contribution in [0.25, 0.3) is 0 Å². The first kappa shape index (κ1) is 50.0. The molecule has 4 N–H and O–H groups in total. The molecule has 0 bridgehead atoms. The van der Waals surface area contributed by atoms with Crippen molar-refractivity contribution in [1.29, 1.82) is 0 Å². The summed E-state index contributed by atoms with van der Waals surface area (Å²) in [5.41, 5.74) is 0. The first-order valence-electron chi connectivity index (χ1n) is 0. The van der Waals surface area contributed by atoms with E-state index >= 15 is 0 Å². The normalized spacial score (nSPS) is 0. The van der Waals surface area contributed by atoms with Crippen molar-refractivity contribution in [2.45, 2.75) is 0 Å². The molecule has 0 aromatic rings. The second kappa shape index (κ2) is 24.7. The third-order valence-electron chi connectivity index (χ3n) is 0. The van der Waals surface area contributed by atoms with E-state index in [4.69, 9.17) is 0 Å². The van der Waals surface area contributed by atoms with Gasteiger partial charge < -0.3 is 12.4 Å². The van der Waals surface area contributed by atoms with Crippen LogP contribution in [-0.4, -0.2) is 11.0 Å². The fraction of sp³-hybridized carbons (Fsp3) is 0. The van der Waals surface area contributed by atoms with Crippen LogP contribution in [-0.2, 0) is 0 Å². The minimum Gasteiger partial charge on any atom is -1.00 e. The standard InChI is InChI=1S/FH.K.2H2O.H/h1H;;2*1H2;/q;+1;;;-1. The van der Waals surface area contributed by atoms with E-state index < -0.39 is 0 Å². The van der Waals surface area contributed by atoms with Crippen LogP contribution in [0.15, 0.2) is 0 Å². The molecular formula is H6FKO2. The van der Waals surface area contributed by atoms with Gasteiger partial charge in [-0.05, 0) is 0 Å². The maximum Gasteiger partial charge on any atom is 1.00 e. The van der Waals surface area contributed by atoms with Gasteiger partial charge in [-0.15, -0.1) is 0 Å². The summed E-state index contributed by atoms with van der Waals surface area (Å²) in [7, 11) is 0. The summed E-state index contributed by atoms with van der Waals surface area (Å²) in [5, 5.41) is 0. The molecule has 26 valence electrons. The van der Waals surface area contributed by atoms with E-state index in [-0.39, 0.29) is 68.5 Å². The predicted molar refractivity (Wildman–Crippen MR) is 10.8 cm³/mol. The Kier molecular flexibility index (Phi) is 308. The molecule has 0 saturated heterocycles. The van der Waals surface area contributed by atoms with Gasteiger partial charge in [-0.25, -0.2) is 0 Å². The molecular weight excluding hydrogens is 90.1 g/mol. The van der Waals surface area contributed by atoms with E-state index in [1.54, 1.807) is 0 Å². The van der Waals surface area contributed by atoms with E-state index in [0.29, 0.717) is 0 Å². The zero-order valence-electron chi connectivity index (χ0n) is 3.41. The second-order valence-electron chi connectivity index (χ2n) is 0. The molecule has 0 aliphatic heterocycles. The van der Waals surface area contributed by atoms with Crippen molar-refractivity contribution in [1.82, 2.24) is 0 Å². The Morgan fingerprint density at radius 3 is 1.00 bits per heavy atom. The zero-order valence-corrected chi connectivity index (χ0v) is 5.53. The Labute approximate surface area is 67.5 Å². The van der Waals surface area contributed by atoms with Crippen LogP contribution in [0.5, 0.6) is 0 Å². The van der Waals surface area contributed by atoms with Gasteiger partial charge in [-0.1, -0.05) is 0 Å². The van der Waals surface area contributed by atoms with Crippen LogP contribution in [0, 0.1) is 0 Å². The SMILES string of the molecule is F.O.O.[H-].[K+]. The van der Waals surface area contributed by atoms with E-state index in [1.807, 2.05) is 0 Å². The van der Waals surface area contributed by atoms with Crippen LogP contribution in [0.1, 0.15) is 1.43 Å². The molecule has 0 amide bonds. The molecule has 0 aliphatic carbocycles. The molecule has 4 heavy (non-hydrogen) atoms. The summed E-state index contributed by atoms with van der Waals surface area (Å²) >= 11 is 0. The molecule has 2 nitrogen and oxygen atoms in total. The topological polar surface area (TPSA) is 63.0 Å². The molecule has 0 heterocycles. The van der Waals surface area contributed by atoms with Gasteiger partial charge in [0, 0.05) is 0 Å². The Balaban J connectivity index is 0. The molecule has 0 atom stereocenters. The summed E-state index contributed by atoms with van der Waals surface area (Å²) in [6.07, 6.45) is 0. The molecule has 4 heteroatoms. The molecule has 0 fully saturated rings. The maximum atomic E-state index is 0. The Morgan fingerprint density at radius 1 is 1.00 bits per heavy atom. The van der Waals surface area contributed by atoms with E-state index in [1.165, 1.54) is 0 Å². The molecule has 0 saturated carbocycles. The molecule has 0 rings (SSSR count). The second-order valence-corrected chi connectivity index (χ2v) is 0. The van der Waals surface area contributed by atoms with Gasteiger partial charge >= 0.3 is 51.4 Å². The fourth-order valence-electron chi connectivity index (χ4n) is 0. The average Bonchev–Trinajstić information content (AvgIpc) is 0. The van der Waals surface area contributed by atoms with E-state index in [9.17, 15) is 0 Å².